The minimum Gasteiger partial charge on any atom is -0.464 e. The number of carbonyl (C=O) groups excluding carboxylic acids is 2. The lowest BCUT2D eigenvalue weighted by molar-refractivity contribution is -0.148. The van der Waals surface area contributed by atoms with Gasteiger partial charge < -0.3 is 23.5 Å². The Morgan fingerprint density at radius 2 is 1.80 bits per heavy atom. The molecule has 0 amide bonds. The van der Waals surface area contributed by atoms with E-state index in [0.29, 0.717) is 22.2 Å². The highest BCUT2D eigenvalue weighted by Gasteiger charge is 2.58. The Labute approximate surface area is 265 Å². The quantitative estimate of drug-likeness (QED) is 0.175. The number of rotatable bonds is 10. The molecule has 2 aliphatic heterocycles. The van der Waals surface area contributed by atoms with Gasteiger partial charge >= 0.3 is 19.9 Å². The number of nitrogens with one attached hydrogen (secondary N) is 1. The van der Waals surface area contributed by atoms with Crippen molar-refractivity contribution >= 4 is 41.8 Å². The van der Waals surface area contributed by atoms with Gasteiger partial charge in [0.15, 0.2) is 24.1 Å². The van der Waals surface area contributed by atoms with E-state index < -0.39 is 56.6 Å². The molecule has 0 spiro atoms. The maximum Gasteiger partial charge on any atom is 0.509 e. The number of benzene rings is 2. The Balaban J connectivity index is 1.29. The molecule has 15 heteroatoms. The van der Waals surface area contributed by atoms with Crippen molar-refractivity contribution in [3.8, 4) is 5.75 Å². The number of imidazole rings is 1. The molecule has 46 heavy (non-hydrogen) atoms. The third-order valence-electron chi connectivity index (χ3n) is 7.59. The zero-order valence-electron chi connectivity index (χ0n) is 26.3. The van der Waals surface area contributed by atoms with Crippen LogP contribution < -0.4 is 9.61 Å². The van der Waals surface area contributed by atoms with Crippen molar-refractivity contribution in [1.82, 2.24) is 24.6 Å². The Bertz CT molecular complexity index is 1820. The summed E-state index contributed by atoms with van der Waals surface area (Å²) in [6.45, 7) is 10.9. The number of hydrogen-bond donors (Lipinski definition) is 1. The minimum absolute atomic E-state index is 0.155. The van der Waals surface area contributed by atoms with Crippen LogP contribution in [0, 0.1) is 12.3 Å². The van der Waals surface area contributed by atoms with Gasteiger partial charge in [-0.15, -0.1) is 0 Å². The predicted octanol–water partition coefficient (Wildman–Crippen LogP) is 5.25. The van der Waals surface area contributed by atoms with E-state index in [1.807, 2.05) is 51.1 Å². The van der Waals surface area contributed by atoms with E-state index in [1.165, 1.54) is 19.6 Å². The van der Waals surface area contributed by atoms with E-state index in [0.717, 1.165) is 5.39 Å². The second-order valence-electron chi connectivity index (χ2n) is 12.6. The van der Waals surface area contributed by atoms with Gasteiger partial charge in [-0.25, -0.2) is 24.3 Å². The highest BCUT2D eigenvalue weighted by atomic mass is 31.2. The number of esters is 1. The molecular formula is C31H36N5O9P. The highest BCUT2D eigenvalue weighted by Crippen LogP contribution is 2.50. The molecule has 2 aromatic heterocycles. The van der Waals surface area contributed by atoms with E-state index in [4.69, 9.17) is 28.0 Å². The van der Waals surface area contributed by atoms with Crippen molar-refractivity contribution in [2.24, 2.45) is 5.41 Å². The summed E-state index contributed by atoms with van der Waals surface area (Å²) in [5, 5.41) is 4.28. The molecule has 1 unspecified atom stereocenters. The van der Waals surface area contributed by atoms with Crippen LogP contribution in [0.25, 0.3) is 21.9 Å². The van der Waals surface area contributed by atoms with Crippen LogP contribution in [0.2, 0.25) is 0 Å². The SMILES string of the molecule is Cc1ncnc2c1ncn2[C@@H]1O[C@H]([C@H](C)OP(=O)(N[C@@H](C)C(=O)OCC(C)(C)C)Oc2cccc3ccccc23)[C@H]2OC(=O)O[C@H]21. The second kappa shape index (κ2) is 12.3. The molecule has 0 saturated carbocycles. The summed E-state index contributed by atoms with van der Waals surface area (Å²) in [5.74, 6) is -0.359. The largest absolute Gasteiger partial charge is 0.509 e. The fourth-order valence-corrected chi connectivity index (χ4v) is 7.11. The summed E-state index contributed by atoms with van der Waals surface area (Å²) >= 11 is 0. The molecule has 2 aromatic carbocycles. The molecule has 0 aliphatic carbocycles. The topological polar surface area (TPSA) is 162 Å². The first-order valence-electron chi connectivity index (χ1n) is 14.9. The molecule has 0 bridgehead atoms. The molecule has 14 nitrogen and oxygen atoms in total. The van der Waals surface area contributed by atoms with Gasteiger partial charge in [-0.3, -0.25) is 13.9 Å². The first-order valence-corrected chi connectivity index (χ1v) is 16.4. The Morgan fingerprint density at radius 1 is 1.07 bits per heavy atom. The van der Waals surface area contributed by atoms with Crippen LogP contribution >= 0.6 is 7.75 Å². The normalized spacial score (nSPS) is 23.7. The van der Waals surface area contributed by atoms with Gasteiger partial charge in [0, 0.05) is 5.39 Å². The lowest BCUT2D eigenvalue weighted by Gasteiger charge is -2.29. The summed E-state index contributed by atoms with van der Waals surface area (Å²) in [4.78, 5) is 38.2. The molecule has 4 heterocycles. The van der Waals surface area contributed by atoms with Gasteiger partial charge in [-0.1, -0.05) is 57.2 Å². The molecule has 6 rings (SSSR count). The van der Waals surface area contributed by atoms with Crippen molar-refractivity contribution in [2.45, 2.75) is 78.2 Å². The number of nitrogens with zero attached hydrogens (tertiary/aromatic N) is 4. The fraction of sp³-hybridized carbons (Fsp3) is 0.452. The van der Waals surface area contributed by atoms with E-state index in [1.54, 1.807) is 30.5 Å². The molecule has 0 radical (unpaired) electrons. The van der Waals surface area contributed by atoms with E-state index >= 15 is 0 Å². The van der Waals surface area contributed by atoms with Crippen LogP contribution in [-0.4, -0.2) is 68.7 Å². The highest BCUT2D eigenvalue weighted by molar-refractivity contribution is 7.52. The van der Waals surface area contributed by atoms with Crippen molar-refractivity contribution in [3.05, 3.63) is 60.8 Å². The van der Waals surface area contributed by atoms with Gasteiger partial charge in [-0.2, -0.15) is 5.09 Å². The van der Waals surface area contributed by atoms with Crippen LogP contribution in [0.15, 0.2) is 55.1 Å². The lowest BCUT2D eigenvalue weighted by Crippen LogP contribution is -2.41. The Hall–Kier alpha value is -4.10. The maximum atomic E-state index is 14.6. The second-order valence-corrected chi connectivity index (χ2v) is 14.2. The summed E-state index contributed by atoms with van der Waals surface area (Å²) in [7, 11) is -4.36. The first-order chi connectivity index (χ1) is 21.8. The zero-order valence-corrected chi connectivity index (χ0v) is 27.2. The molecule has 7 atom stereocenters. The van der Waals surface area contributed by atoms with Gasteiger partial charge in [0.1, 0.15) is 29.7 Å². The molecular weight excluding hydrogens is 617 g/mol. The standard InChI is InChI=1S/C31H36N5O9P/c1-17-23-27(33-15-32-17)36(16-34-23)28-26-25(42-30(38)43-26)24(41-28)19(3)44-46(39,35-18(2)29(37)40-14-31(4,5)6)45-22-13-9-11-20-10-7-8-12-21(20)22/h7-13,15-16,18-19,24-26,28H,14H2,1-6H3,(H,35,39)/t18-,19-,24+,25+,26+,28+,46?/m0/s1. The van der Waals surface area contributed by atoms with Crippen molar-refractivity contribution in [2.75, 3.05) is 6.61 Å². The summed E-state index contributed by atoms with van der Waals surface area (Å²) in [6, 6.07) is 11.7. The molecule has 2 fully saturated rings. The number of aryl methyl sites for hydroxylation is 1. The smallest absolute Gasteiger partial charge is 0.464 e. The van der Waals surface area contributed by atoms with E-state index in [-0.39, 0.29) is 17.8 Å². The Morgan fingerprint density at radius 3 is 2.59 bits per heavy atom. The van der Waals surface area contributed by atoms with E-state index in [2.05, 4.69) is 20.0 Å². The molecule has 2 saturated heterocycles. The first kappa shape index (κ1) is 31.9. The number of fused-ring (bicyclic) bond motifs is 3. The van der Waals surface area contributed by atoms with Crippen LogP contribution in [-0.2, 0) is 32.8 Å². The minimum atomic E-state index is -4.36. The van der Waals surface area contributed by atoms with Crippen LogP contribution in [0.4, 0.5) is 4.79 Å². The average molecular weight is 654 g/mol. The predicted molar refractivity (Wildman–Crippen MR) is 165 cm³/mol. The molecule has 244 valence electrons. The summed E-state index contributed by atoms with van der Waals surface area (Å²) in [5.41, 5.74) is 1.43. The molecule has 1 N–H and O–H groups in total. The molecule has 2 aliphatic rings. The average Bonchev–Trinajstić information content (AvgIpc) is 3.69. The number of hydrogen-bond acceptors (Lipinski definition) is 12. The van der Waals surface area contributed by atoms with Crippen LogP contribution in [0.5, 0.6) is 5.75 Å². The third-order valence-corrected chi connectivity index (χ3v) is 9.34. The van der Waals surface area contributed by atoms with Crippen molar-refractivity contribution in [3.63, 3.8) is 0 Å². The van der Waals surface area contributed by atoms with Gasteiger partial charge in [-0.05, 0) is 37.6 Å². The maximum absolute atomic E-state index is 14.6. The lowest BCUT2D eigenvalue weighted by atomic mass is 9.99. The van der Waals surface area contributed by atoms with Gasteiger partial charge in [0.2, 0.25) is 0 Å². The molecule has 4 aromatic rings. The number of carbonyl (C=O) groups is 2. The summed E-state index contributed by atoms with van der Waals surface area (Å²) < 4.78 is 51.3. The van der Waals surface area contributed by atoms with Crippen molar-refractivity contribution < 1.29 is 42.1 Å². The summed E-state index contributed by atoms with van der Waals surface area (Å²) in [6.07, 6.45) is -2.61. The van der Waals surface area contributed by atoms with Gasteiger partial charge in [0.05, 0.1) is 24.7 Å². The fourth-order valence-electron chi connectivity index (χ4n) is 5.40. The van der Waals surface area contributed by atoms with Gasteiger partial charge in [0.25, 0.3) is 0 Å². The van der Waals surface area contributed by atoms with Crippen molar-refractivity contribution in [1.29, 1.82) is 0 Å². The monoisotopic (exact) mass is 653 g/mol. The van der Waals surface area contributed by atoms with Crippen LogP contribution in [0.3, 0.4) is 0 Å². The number of aromatic nitrogens is 4. The Kier molecular flexibility index (Phi) is 8.49. The zero-order chi connectivity index (χ0) is 32.8. The third kappa shape index (κ3) is 6.43. The van der Waals surface area contributed by atoms with Crippen LogP contribution in [0.1, 0.15) is 46.5 Å². The number of ether oxygens (including phenoxy) is 4. The van der Waals surface area contributed by atoms with E-state index in [9.17, 15) is 14.2 Å².